The Morgan fingerprint density at radius 3 is 2.52 bits per heavy atom. The van der Waals surface area contributed by atoms with Crippen LogP contribution < -0.4 is 0 Å². The van der Waals surface area contributed by atoms with Crippen LogP contribution >= 0.6 is 0 Å². The molecule has 0 radical (unpaired) electrons. The van der Waals surface area contributed by atoms with Gasteiger partial charge in [0, 0.05) is 42.9 Å². The van der Waals surface area contributed by atoms with E-state index in [9.17, 15) is 13.2 Å². The Balaban J connectivity index is 1.56. The zero-order chi connectivity index (χ0) is 20.6. The molecule has 1 saturated heterocycles. The number of pyridine rings is 1. The number of ether oxygens (including phenoxy) is 1. The second kappa shape index (κ2) is 8.02. The monoisotopic (exact) mass is 409 g/mol. The number of rotatable bonds is 4. The largest absolute Gasteiger partial charge is 0.433 e. The fourth-order valence-electron chi connectivity index (χ4n) is 4.28. The van der Waals surface area contributed by atoms with Crippen molar-refractivity contribution in [2.75, 3.05) is 26.3 Å². The lowest BCUT2D eigenvalue weighted by atomic mass is 10.1. The van der Waals surface area contributed by atoms with Crippen LogP contribution in [0.15, 0.2) is 18.3 Å². The lowest BCUT2D eigenvalue weighted by molar-refractivity contribution is -0.141. The molecule has 2 aliphatic rings. The summed E-state index contributed by atoms with van der Waals surface area (Å²) >= 11 is 0. The number of morpholine rings is 1. The van der Waals surface area contributed by atoms with E-state index in [0.717, 1.165) is 57.5 Å². The highest BCUT2D eigenvalue weighted by atomic mass is 19.4. The predicted octanol–water partition coefficient (Wildman–Crippen LogP) is 3.91. The number of aromatic nitrogens is 4. The fraction of sp³-hybridized carbons (Fsp3) is 0.650. The Morgan fingerprint density at radius 2 is 1.90 bits per heavy atom. The molecular formula is C20H26F3N5O. The molecule has 0 bridgehead atoms. The van der Waals surface area contributed by atoms with Crippen LogP contribution in [0.1, 0.15) is 56.6 Å². The summed E-state index contributed by atoms with van der Waals surface area (Å²) in [6.07, 6.45) is -0.0639. The second-order valence-corrected chi connectivity index (χ2v) is 8.07. The van der Waals surface area contributed by atoms with Crippen molar-refractivity contribution in [2.24, 2.45) is 0 Å². The molecule has 1 aliphatic carbocycles. The first-order chi connectivity index (χ1) is 13.8. The van der Waals surface area contributed by atoms with Crippen molar-refractivity contribution in [1.82, 2.24) is 24.6 Å². The molecule has 0 N–H and O–H groups in total. The van der Waals surface area contributed by atoms with Gasteiger partial charge >= 0.3 is 6.18 Å². The van der Waals surface area contributed by atoms with Crippen molar-refractivity contribution < 1.29 is 17.9 Å². The van der Waals surface area contributed by atoms with Crippen molar-refractivity contribution in [3.8, 4) is 11.4 Å². The molecule has 29 heavy (non-hydrogen) atoms. The first-order valence-electron chi connectivity index (χ1n) is 10.1. The molecule has 1 saturated carbocycles. The van der Waals surface area contributed by atoms with E-state index in [4.69, 9.17) is 9.72 Å². The molecule has 158 valence electrons. The van der Waals surface area contributed by atoms with Gasteiger partial charge in [0.2, 0.25) is 0 Å². The zero-order valence-corrected chi connectivity index (χ0v) is 16.7. The predicted molar refractivity (Wildman–Crippen MR) is 101 cm³/mol. The van der Waals surface area contributed by atoms with Crippen molar-refractivity contribution in [3.05, 3.63) is 29.8 Å². The standard InChI is InChI=1S/C20H26F3N5O/c1-13(2)28-19(14-3-5-16(11-14)27-7-9-29-10-8-27)25-18(26-28)15-4-6-17(24-12-15)20(21,22)23/h4,6,12-14,16H,3,5,7-11H2,1-2H3/t14-,16+/m1/s1. The number of alkyl halides is 3. The molecule has 6 nitrogen and oxygen atoms in total. The molecule has 1 aliphatic heterocycles. The smallest absolute Gasteiger partial charge is 0.379 e. The molecule has 0 amide bonds. The average molecular weight is 409 g/mol. The van der Waals surface area contributed by atoms with Crippen LogP contribution in [-0.2, 0) is 10.9 Å². The van der Waals surface area contributed by atoms with Gasteiger partial charge in [-0.05, 0) is 45.2 Å². The molecule has 2 aromatic rings. The number of halogens is 3. The van der Waals surface area contributed by atoms with Crippen LogP contribution in [0.25, 0.3) is 11.4 Å². The van der Waals surface area contributed by atoms with Gasteiger partial charge in [0.05, 0.1) is 13.2 Å². The van der Waals surface area contributed by atoms with Crippen LogP contribution in [0, 0.1) is 0 Å². The van der Waals surface area contributed by atoms with E-state index in [2.05, 4.69) is 15.0 Å². The van der Waals surface area contributed by atoms with Crippen LogP contribution in [0.5, 0.6) is 0 Å². The molecule has 0 aromatic carbocycles. The Bertz CT molecular complexity index is 828. The third kappa shape index (κ3) is 4.30. The Kier molecular flexibility index (Phi) is 5.61. The molecular weight excluding hydrogens is 383 g/mol. The van der Waals surface area contributed by atoms with Crippen LogP contribution in [0.3, 0.4) is 0 Å². The fourth-order valence-corrected chi connectivity index (χ4v) is 4.28. The summed E-state index contributed by atoms with van der Waals surface area (Å²) in [5.41, 5.74) is -0.407. The van der Waals surface area contributed by atoms with Gasteiger partial charge in [0.25, 0.3) is 0 Å². The molecule has 9 heteroatoms. The quantitative estimate of drug-likeness (QED) is 0.767. The van der Waals surface area contributed by atoms with Crippen LogP contribution in [-0.4, -0.2) is 57.0 Å². The highest BCUT2D eigenvalue weighted by Gasteiger charge is 2.35. The topological polar surface area (TPSA) is 56.1 Å². The van der Waals surface area contributed by atoms with Gasteiger partial charge in [-0.2, -0.15) is 18.3 Å². The van der Waals surface area contributed by atoms with Gasteiger partial charge in [-0.25, -0.2) is 9.67 Å². The lowest BCUT2D eigenvalue weighted by Crippen LogP contribution is -2.42. The van der Waals surface area contributed by atoms with Gasteiger partial charge in [-0.15, -0.1) is 0 Å². The molecule has 2 aromatic heterocycles. The second-order valence-electron chi connectivity index (χ2n) is 8.07. The normalized spacial score (nSPS) is 23.8. The maximum Gasteiger partial charge on any atom is 0.433 e. The van der Waals surface area contributed by atoms with E-state index in [0.29, 0.717) is 23.3 Å². The van der Waals surface area contributed by atoms with Gasteiger partial charge < -0.3 is 4.74 Å². The molecule has 0 spiro atoms. The minimum absolute atomic E-state index is 0.121. The van der Waals surface area contributed by atoms with Gasteiger partial charge in [0.15, 0.2) is 5.82 Å². The van der Waals surface area contributed by atoms with Crippen molar-refractivity contribution in [2.45, 2.75) is 57.3 Å². The van der Waals surface area contributed by atoms with Crippen molar-refractivity contribution in [1.29, 1.82) is 0 Å². The summed E-state index contributed by atoms with van der Waals surface area (Å²) < 4.78 is 45.7. The number of hydrogen-bond acceptors (Lipinski definition) is 5. The van der Waals surface area contributed by atoms with Crippen LogP contribution in [0.4, 0.5) is 13.2 Å². The Labute approximate surface area is 168 Å². The summed E-state index contributed by atoms with van der Waals surface area (Å²) in [5.74, 6) is 1.66. The van der Waals surface area contributed by atoms with Gasteiger partial charge in [0.1, 0.15) is 11.5 Å². The lowest BCUT2D eigenvalue weighted by Gasteiger charge is -2.32. The van der Waals surface area contributed by atoms with Gasteiger partial charge in [-0.1, -0.05) is 0 Å². The minimum Gasteiger partial charge on any atom is -0.379 e. The Hall–Kier alpha value is -2.00. The highest BCUT2D eigenvalue weighted by molar-refractivity contribution is 5.53. The summed E-state index contributed by atoms with van der Waals surface area (Å²) in [6.45, 7) is 7.60. The van der Waals surface area contributed by atoms with Crippen molar-refractivity contribution in [3.63, 3.8) is 0 Å². The van der Waals surface area contributed by atoms with E-state index in [1.165, 1.54) is 12.3 Å². The maximum atomic E-state index is 12.8. The first-order valence-corrected chi connectivity index (χ1v) is 10.1. The average Bonchev–Trinajstić information content (AvgIpc) is 3.35. The first kappa shape index (κ1) is 20.3. The third-order valence-electron chi connectivity index (χ3n) is 5.79. The molecule has 2 fully saturated rings. The molecule has 4 rings (SSSR count). The summed E-state index contributed by atoms with van der Waals surface area (Å²) in [5, 5.41) is 4.60. The SMILES string of the molecule is CC(C)n1nc(-c2ccc(C(F)(F)F)nc2)nc1[C@@H]1CC[C@H](N2CCOCC2)C1. The number of nitrogens with zero attached hydrogens (tertiary/aromatic N) is 5. The molecule has 3 heterocycles. The Morgan fingerprint density at radius 1 is 1.14 bits per heavy atom. The summed E-state index contributed by atoms with van der Waals surface area (Å²) in [7, 11) is 0. The van der Waals surface area contributed by atoms with Crippen LogP contribution in [0.2, 0.25) is 0 Å². The van der Waals surface area contributed by atoms with E-state index >= 15 is 0 Å². The van der Waals surface area contributed by atoms with Gasteiger partial charge in [-0.3, -0.25) is 9.88 Å². The molecule has 0 unspecified atom stereocenters. The van der Waals surface area contributed by atoms with E-state index in [-0.39, 0.29) is 6.04 Å². The van der Waals surface area contributed by atoms with E-state index < -0.39 is 11.9 Å². The highest BCUT2D eigenvalue weighted by Crippen LogP contribution is 2.38. The minimum atomic E-state index is -4.45. The third-order valence-corrected chi connectivity index (χ3v) is 5.79. The van der Waals surface area contributed by atoms with E-state index in [1.54, 1.807) is 0 Å². The van der Waals surface area contributed by atoms with Crippen molar-refractivity contribution >= 4 is 0 Å². The summed E-state index contributed by atoms with van der Waals surface area (Å²) in [6, 6.07) is 3.02. The number of hydrogen-bond donors (Lipinski definition) is 0. The maximum absolute atomic E-state index is 12.8. The molecule has 2 atom stereocenters. The van der Waals surface area contributed by atoms with E-state index in [1.807, 2.05) is 18.5 Å². The zero-order valence-electron chi connectivity index (χ0n) is 16.7. The summed E-state index contributed by atoms with van der Waals surface area (Å²) in [4.78, 5) is 10.8.